The van der Waals surface area contributed by atoms with Crippen LogP contribution in [0.2, 0.25) is 0 Å². The Morgan fingerprint density at radius 1 is 1.18 bits per heavy atom. The molecule has 1 aromatic carbocycles. The number of ether oxygens (including phenoxy) is 1. The summed E-state index contributed by atoms with van der Waals surface area (Å²) in [5.74, 6) is 0.214. The molecule has 4 rings (SSSR count). The van der Waals surface area contributed by atoms with E-state index >= 15 is 0 Å². The van der Waals surface area contributed by atoms with Gasteiger partial charge < -0.3 is 20.3 Å². The molecule has 1 aromatic rings. The largest absolute Gasteiger partial charge is 0.394 e. The number of fused-ring (bicyclic) bond motifs is 1. The lowest BCUT2D eigenvalue weighted by atomic mass is 9.95. The Morgan fingerprint density at radius 2 is 1.89 bits per heavy atom. The van der Waals surface area contributed by atoms with Crippen LogP contribution in [0.5, 0.6) is 0 Å². The smallest absolute Gasteiger partial charge is 0.223 e. The molecule has 1 aliphatic carbocycles. The lowest BCUT2D eigenvalue weighted by Crippen LogP contribution is -2.52. The Balaban J connectivity index is 0.00000225. The quantitative estimate of drug-likeness (QED) is 0.680. The molecule has 0 unspecified atom stereocenters. The summed E-state index contributed by atoms with van der Waals surface area (Å²) in [6.45, 7) is 1.76. The minimum absolute atomic E-state index is 0. The van der Waals surface area contributed by atoms with E-state index in [0.717, 1.165) is 45.2 Å². The van der Waals surface area contributed by atoms with E-state index < -0.39 is 12.2 Å². The van der Waals surface area contributed by atoms with E-state index in [1.165, 1.54) is 11.1 Å². The van der Waals surface area contributed by atoms with Crippen molar-refractivity contribution in [1.29, 1.82) is 0 Å². The van der Waals surface area contributed by atoms with Gasteiger partial charge in [0.15, 0.2) is 0 Å². The maximum absolute atomic E-state index is 12.4. The Labute approximate surface area is 172 Å². The van der Waals surface area contributed by atoms with E-state index in [1.54, 1.807) is 0 Å². The summed E-state index contributed by atoms with van der Waals surface area (Å²) >= 11 is 0. The average Bonchev–Trinajstić information content (AvgIpc) is 3.34. The standard InChI is InChI=1S/C21H30N2O4.ClH/c24-13-18-20(25)19(23-10-9-14-5-1-4-8-16(14)12-23)17(27-18)11-22-21(26)15-6-2-3-7-15;/h1,4-5,8,15,17-20,24-25H,2-3,6-7,9-13H2,(H,22,26);1H/t17-,18+,19+,20-;/m1./s1. The summed E-state index contributed by atoms with van der Waals surface area (Å²) in [7, 11) is 0. The highest BCUT2D eigenvalue weighted by molar-refractivity contribution is 5.85. The number of hydrogen-bond donors (Lipinski definition) is 3. The maximum atomic E-state index is 12.4. The fourth-order valence-electron chi connectivity index (χ4n) is 4.90. The second-order valence-electron chi connectivity index (χ2n) is 8.09. The van der Waals surface area contributed by atoms with E-state index in [0.29, 0.717) is 6.54 Å². The van der Waals surface area contributed by atoms with E-state index in [9.17, 15) is 15.0 Å². The van der Waals surface area contributed by atoms with Gasteiger partial charge >= 0.3 is 0 Å². The average molecular weight is 411 g/mol. The Morgan fingerprint density at radius 3 is 2.61 bits per heavy atom. The molecule has 0 spiro atoms. The van der Waals surface area contributed by atoms with Gasteiger partial charge in [0.1, 0.15) is 12.2 Å². The lowest BCUT2D eigenvalue weighted by molar-refractivity contribution is -0.125. The van der Waals surface area contributed by atoms with Crippen molar-refractivity contribution in [2.45, 2.75) is 63.0 Å². The fourth-order valence-corrected chi connectivity index (χ4v) is 4.90. The Bertz CT molecular complexity index is 668. The van der Waals surface area contributed by atoms with Crippen LogP contribution in [0.4, 0.5) is 0 Å². The molecule has 0 aromatic heterocycles. The highest BCUT2D eigenvalue weighted by Crippen LogP contribution is 2.30. The van der Waals surface area contributed by atoms with Gasteiger partial charge in [-0.1, -0.05) is 37.1 Å². The third-order valence-corrected chi connectivity index (χ3v) is 6.43. The number of aliphatic hydroxyl groups excluding tert-OH is 2. The van der Waals surface area contributed by atoms with E-state index in [2.05, 4.69) is 28.4 Å². The van der Waals surface area contributed by atoms with Crippen molar-refractivity contribution < 1.29 is 19.7 Å². The van der Waals surface area contributed by atoms with Crippen LogP contribution < -0.4 is 5.32 Å². The number of carbonyl (C=O) groups is 1. The monoisotopic (exact) mass is 410 g/mol. The normalized spacial score (nSPS) is 30.6. The molecule has 2 aliphatic heterocycles. The number of carbonyl (C=O) groups excluding carboxylic acids is 1. The molecule has 1 saturated heterocycles. The molecule has 3 N–H and O–H groups in total. The Hall–Kier alpha value is -1.18. The van der Waals surface area contributed by atoms with Gasteiger partial charge in [-0.2, -0.15) is 0 Å². The molecular weight excluding hydrogens is 380 g/mol. The SMILES string of the molecule is Cl.O=C(NC[C@H]1O[C@@H](CO)[C@@H](O)[C@H]1N1CCc2ccccc2C1)C1CCCC1. The van der Waals surface area contributed by atoms with Crippen molar-refractivity contribution in [2.75, 3.05) is 19.7 Å². The number of hydrogen-bond acceptors (Lipinski definition) is 5. The molecule has 1 saturated carbocycles. The first-order chi connectivity index (χ1) is 13.2. The summed E-state index contributed by atoms with van der Waals surface area (Å²) < 4.78 is 5.93. The molecule has 2 fully saturated rings. The van der Waals surface area contributed by atoms with Gasteiger partial charge in [0, 0.05) is 25.6 Å². The molecule has 156 valence electrons. The second-order valence-corrected chi connectivity index (χ2v) is 8.09. The van der Waals surface area contributed by atoms with Gasteiger partial charge in [-0.3, -0.25) is 9.69 Å². The minimum Gasteiger partial charge on any atom is -0.394 e. The first-order valence-corrected chi connectivity index (χ1v) is 10.2. The summed E-state index contributed by atoms with van der Waals surface area (Å²) in [5, 5.41) is 23.4. The minimum atomic E-state index is -0.756. The number of nitrogens with zero attached hydrogens (tertiary/aromatic N) is 1. The summed E-state index contributed by atoms with van der Waals surface area (Å²) in [5.41, 5.74) is 2.63. The molecule has 7 heteroatoms. The van der Waals surface area contributed by atoms with Crippen LogP contribution in [0.3, 0.4) is 0 Å². The fraction of sp³-hybridized carbons (Fsp3) is 0.667. The van der Waals surface area contributed by atoms with Crippen molar-refractivity contribution >= 4 is 18.3 Å². The van der Waals surface area contributed by atoms with Crippen molar-refractivity contribution in [2.24, 2.45) is 5.92 Å². The zero-order valence-corrected chi connectivity index (χ0v) is 16.9. The van der Waals surface area contributed by atoms with Gasteiger partial charge in [-0.05, 0) is 30.4 Å². The zero-order chi connectivity index (χ0) is 18.8. The van der Waals surface area contributed by atoms with Crippen molar-refractivity contribution in [3.05, 3.63) is 35.4 Å². The van der Waals surface area contributed by atoms with Crippen LogP contribution in [0.1, 0.15) is 36.8 Å². The van der Waals surface area contributed by atoms with Crippen molar-refractivity contribution in [3.63, 3.8) is 0 Å². The maximum Gasteiger partial charge on any atom is 0.223 e. The lowest BCUT2D eigenvalue weighted by Gasteiger charge is -2.37. The number of benzene rings is 1. The number of aliphatic hydroxyl groups is 2. The molecule has 28 heavy (non-hydrogen) atoms. The van der Waals surface area contributed by atoms with E-state index in [-0.39, 0.29) is 43.0 Å². The van der Waals surface area contributed by atoms with E-state index in [4.69, 9.17) is 4.74 Å². The molecular formula is C21H31ClN2O4. The van der Waals surface area contributed by atoms with Crippen LogP contribution in [-0.2, 0) is 22.5 Å². The highest BCUT2D eigenvalue weighted by atomic mass is 35.5. The van der Waals surface area contributed by atoms with Gasteiger partial charge in [0.05, 0.1) is 18.8 Å². The first kappa shape index (κ1) is 21.5. The predicted octanol–water partition coefficient (Wildman–Crippen LogP) is 1.26. The van der Waals surface area contributed by atoms with Gasteiger partial charge in [-0.25, -0.2) is 0 Å². The van der Waals surface area contributed by atoms with Crippen LogP contribution in [0.15, 0.2) is 24.3 Å². The molecule has 0 bridgehead atoms. The highest BCUT2D eigenvalue weighted by Gasteiger charge is 2.46. The molecule has 4 atom stereocenters. The number of amides is 1. The van der Waals surface area contributed by atoms with Crippen molar-refractivity contribution in [1.82, 2.24) is 10.2 Å². The second kappa shape index (κ2) is 9.55. The molecule has 1 amide bonds. The van der Waals surface area contributed by atoms with Crippen LogP contribution >= 0.6 is 12.4 Å². The van der Waals surface area contributed by atoms with Crippen molar-refractivity contribution in [3.8, 4) is 0 Å². The van der Waals surface area contributed by atoms with Gasteiger partial charge in [0.2, 0.25) is 5.91 Å². The topological polar surface area (TPSA) is 82.0 Å². The van der Waals surface area contributed by atoms with Crippen LogP contribution in [0.25, 0.3) is 0 Å². The zero-order valence-electron chi connectivity index (χ0n) is 16.1. The van der Waals surface area contributed by atoms with Gasteiger partial charge in [0.25, 0.3) is 0 Å². The predicted molar refractivity (Wildman–Crippen MR) is 108 cm³/mol. The first-order valence-electron chi connectivity index (χ1n) is 10.2. The van der Waals surface area contributed by atoms with Gasteiger partial charge in [-0.15, -0.1) is 12.4 Å². The molecule has 0 radical (unpaired) electrons. The third-order valence-electron chi connectivity index (χ3n) is 6.43. The molecule has 3 aliphatic rings. The number of rotatable bonds is 5. The summed E-state index contributed by atoms with van der Waals surface area (Å²) in [6, 6.07) is 8.17. The molecule has 2 heterocycles. The molecule has 6 nitrogen and oxygen atoms in total. The summed E-state index contributed by atoms with van der Waals surface area (Å²) in [6.07, 6.45) is 3.45. The van der Waals surface area contributed by atoms with Crippen LogP contribution in [-0.4, -0.2) is 65.1 Å². The number of halogens is 1. The Kier molecular flexibility index (Phi) is 7.34. The van der Waals surface area contributed by atoms with Crippen LogP contribution in [0, 0.1) is 5.92 Å². The summed E-state index contributed by atoms with van der Waals surface area (Å²) in [4.78, 5) is 14.6. The third kappa shape index (κ3) is 4.36. The number of nitrogens with one attached hydrogen (secondary N) is 1. The van der Waals surface area contributed by atoms with E-state index in [1.807, 2.05) is 6.07 Å².